The molecule has 1 aromatic carbocycles. The molecular weight excluding hydrogens is 466 g/mol. The molecule has 0 amide bonds. The van der Waals surface area contributed by atoms with Crippen LogP contribution in [0.25, 0.3) is 10.9 Å². The monoisotopic (exact) mass is 486 g/mol. The highest BCUT2D eigenvalue weighted by molar-refractivity contribution is 5.91. The minimum absolute atomic E-state index is 0.0213. The summed E-state index contributed by atoms with van der Waals surface area (Å²) in [4.78, 5) is 23.3. The maximum Gasteiger partial charge on any atom is 0.416 e. The summed E-state index contributed by atoms with van der Waals surface area (Å²) in [6.07, 6.45) is -5.31. The number of hydrogen-bond acceptors (Lipinski definition) is 6. The minimum Gasteiger partial charge on any atom is -0.350 e. The molecule has 0 radical (unpaired) electrons. The van der Waals surface area contributed by atoms with E-state index in [1.165, 1.54) is 12.3 Å². The van der Waals surface area contributed by atoms with Crippen LogP contribution in [0.2, 0.25) is 0 Å². The first kappa shape index (κ1) is 23.8. The molecule has 5 N–H and O–H groups in total. The van der Waals surface area contributed by atoms with Gasteiger partial charge in [0.15, 0.2) is 0 Å². The van der Waals surface area contributed by atoms with E-state index in [2.05, 4.69) is 25.6 Å². The average molecular weight is 486 g/mol. The van der Waals surface area contributed by atoms with Crippen molar-refractivity contribution in [1.29, 1.82) is 0 Å². The highest BCUT2D eigenvalue weighted by Gasteiger charge is 2.37. The summed E-state index contributed by atoms with van der Waals surface area (Å²) in [7, 11) is 0. The second kappa shape index (κ2) is 8.78. The Morgan fingerprint density at radius 3 is 2.24 bits per heavy atom. The van der Waals surface area contributed by atoms with Crippen LogP contribution in [-0.4, -0.2) is 27.0 Å². The van der Waals surface area contributed by atoms with Gasteiger partial charge in [0.05, 0.1) is 16.6 Å². The second-order valence-corrected chi connectivity index (χ2v) is 8.08. The van der Waals surface area contributed by atoms with Crippen LogP contribution in [0.5, 0.6) is 0 Å². The number of H-pyrrole nitrogens is 1. The van der Waals surface area contributed by atoms with Gasteiger partial charge in [-0.3, -0.25) is 4.79 Å². The molecule has 3 aromatic rings. The van der Waals surface area contributed by atoms with Gasteiger partial charge in [0, 0.05) is 24.0 Å². The highest BCUT2D eigenvalue weighted by atomic mass is 19.4. The van der Waals surface area contributed by atoms with Crippen LogP contribution in [0.4, 0.5) is 43.8 Å². The standard InChI is InChI=1S/C21H20F6N6O/c22-20(23,24)10-7-11(21(25,26)27)9-12(8-10)30-17-16-15(5-6-29-18(16)34)32-19(33-17)31-14-4-2-1-3-13(14)28/h5-9,13-14H,1-4,28H2,(H,29,34)(H2,30,31,32,33)/t13-,14?/m0/s1. The fourth-order valence-corrected chi connectivity index (χ4v) is 3.91. The molecule has 4 rings (SSSR count). The Bertz CT molecular complexity index is 1220. The van der Waals surface area contributed by atoms with Gasteiger partial charge in [-0.2, -0.15) is 31.3 Å². The van der Waals surface area contributed by atoms with Gasteiger partial charge in [-0.05, 0) is 37.1 Å². The topological polar surface area (TPSA) is 109 Å². The molecule has 0 aliphatic heterocycles. The lowest BCUT2D eigenvalue weighted by molar-refractivity contribution is -0.143. The van der Waals surface area contributed by atoms with E-state index >= 15 is 0 Å². The molecule has 1 aliphatic carbocycles. The van der Waals surface area contributed by atoms with Crippen molar-refractivity contribution in [3.63, 3.8) is 0 Å². The molecule has 13 heteroatoms. The lowest BCUT2D eigenvalue weighted by atomic mass is 9.91. The number of nitrogens with one attached hydrogen (secondary N) is 3. The van der Waals surface area contributed by atoms with Crippen LogP contribution in [-0.2, 0) is 12.4 Å². The molecular formula is C21H20F6N6O. The molecule has 2 heterocycles. The summed E-state index contributed by atoms with van der Waals surface area (Å²) in [5, 5.41) is 5.42. The van der Waals surface area contributed by atoms with Crippen LogP contribution >= 0.6 is 0 Å². The maximum atomic E-state index is 13.3. The zero-order valence-corrected chi connectivity index (χ0v) is 17.5. The van der Waals surface area contributed by atoms with Gasteiger partial charge in [0.2, 0.25) is 5.95 Å². The Morgan fingerprint density at radius 2 is 1.62 bits per heavy atom. The molecule has 1 saturated carbocycles. The zero-order chi connectivity index (χ0) is 24.7. The molecule has 1 fully saturated rings. The number of alkyl halides is 6. The lowest BCUT2D eigenvalue weighted by Gasteiger charge is -2.29. The highest BCUT2D eigenvalue weighted by Crippen LogP contribution is 2.38. The largest absolute Gasteiger partial charge is 0.416 e. The number of halogens is 6. The molecule has 7 nitrogen and oxygen atoms in total. The van der Waals surface area contributed by atoms with Crippen LogP contribution in [0.1, 0.15) is 36.8 Å². The van der Waals surface area contributed by atoms with Gasteiger partial charge in [-0.25, -0.2) is 4.98 Å². The van der Waals surface area contributed by atoms with E-state index in [1.807, 2.05) is 0 Å². The lowest BCUT2D eigenvalue weighted by Crippen LogP contribution is -2.43. The minimum atomic E-state index is -5.02. The summed E-state index contributed by atoms with van der Waals surface area (Å²) >= 11 is 0. The number of anilines is 3. The second-order valence-electron chi connectivity index (χ2n) is 8.08. The molecule has 182 valence electrons. The van der Waals surface area contributed by atoms with Gasteiger partial charge in [-0.1, -0.05) is 12.8 Å². The van der Waals surface area contributed by atoms with E-state index in [1.54, 1.807) is 0 Å². The smallest absolute Gasteiger partial charge is 0.350 e. The number of aromatic nitrogens is 3. The van der Waals surface area contributed by atoms with Crippen LogP contribution in [0.15, 0.2) is 35.3 Å². The van der Waals surface area contributed by atoms with Gasteiger partial charge in [0.25, 0.3) is 5.56 Å². The van der Waals surface area contributed by atoms with E-state index < -0.39 is 34.7 Å². The van der Waals surface area contributed by atoms with E-state index in [0.29, 0.717) is 12.1 Å². The van der Waals surface area contributed by atoms with E-state index in [-0.39, 0.29) is 40.8 Å². The van der Waals surface area contributed by atoms with Gasteiger partial charge < -0.3 is 21.4 Å². The van der Waals surface area contributed by atoms with Crippen molar-refractivity contribution in [3.05, 3.63) is 51.9 Å². The number of hydrogen-bond donors (Lipinski definition) is 4. The van der Waals surface area contributed by atoms with Gasteiger partial charge in [-0.15, -0.1) is 0 Å². The Morgan fingerprint density at radius 1 is 0.971 bits per heavy atom. The fourth-order valence-electron chi connectivity index (χ4n) is 3.91. The number of nitrogens with zero attached hydrogens (tertiary/aromatic N) is 2. The van der Waals surface area contributed by atoms with Crippen molar-refractivity contribution in [2.75, 3.05) is 10.6 Å². The van der Waals surface area contributed by atoms with Crippen molar-refractivity contribution < 1.29 is 26.3 Å². The summed E-state index contributed by atoms with van der Waals surface area (Å²) in [6.45, 7) is 0. The van der Waals surface area contributed by atoms with Crippen LogP contribution in [0.3, 0.4) is 0 Å². The summed E-state index contributed by atoms with van der Waals surface area (Å²) in [5.41, 5.74) is 2.09. The van der Waals surface area contributed by atoms with Crippen molar-refractivity contribution in [3.8, 4) is 0 Å². The van der Waals surface area contributed by atoms with E-state index in [0.717, 1.165) is 25.7 Å². The third kappa shape index (κ3) is 5.08. The van der Waals surface area contributed by atoms with Gasteiger partial charge in [0.1, 0.15) is 11.2 Å². The predicted molar refractivity (Wildman–Crippen MR) is 114 cm³/mol. The molecule has 34 heavy (non-hydrogen) atoms. The van der Waals surface area contributed by atoms with Crippen molar-refractivity contribution >= 4 is 28.4 Å². The number of aromatic amines is 1. The quantitative estimate of drug-likeness (QED) is 0.396. The first-order chi connectivity index (χ1) is 15.9. The molecule has 0 spiro atoms. The third-order valence-corrected chi connectivity index (χ3v) is 5.60. The van der Waals surface area contributed by atoms with Crippen LogP contribution in [0, 0.1) is 0 Å². The Labute approximate surface area is 188 Å². The Kier molecular flexibility index (Phi) is 6.14. The van der Waals surface area contributed by atoms with Crippen molar-refractivity contribution in [1.82, 2.24) is 15.0 Å². The fraction of sp³-hybridized carbons (Fsp3) is 0.381. The Balaban J connectivity index is 1.80. The first-order valence-corrected chi connectivity index (χ1v) is 10.4. The molecule has 2 aromatic heterocycles. The van der Waals surface area contributed by atoms with E-state index in [4.69, 9.17) is 5.73 Å². The predicted octanol–water partition coefficient (Wildman–Crippen LogP) is 4.78. The third-order valence-electron chi connectivity index (χ3n) is 5.60. The molecule has 0 bridgehead atoms. The zero-order valence-electron chi connectivity index (χ0n) is 17.5. The van der Waals surface area contributed by atoms with Crippen molar-refractivity contribution in [2.24, 2.45) is 5.73 Å². The Hall–Kier alpha value is -3.35. The maximum absolute atomic E-state index is 13.3. The molecule has 1 aliphatic rings. The molecule has 0 saturated heterocycles. The van der Waals surface area contributed by atoms with Gasteiger partial charge >= 0.3 is 12.4 Å². The number of fused-ring (bicyclic) bond motifs is 1. The first-order valence-electron chi connectivity index (χ1n) is 10.4. The SMILES string of the molecule is N[C@H]1CCCCC1Nc1nc(Nc2cc(C(F)(F)F)cc(C(F)(F)F)c2)c2c(=O)[nH]ccc2n1. The van der Waals surface area contributed by atoms with Crippen molar-refractivity contribution in [2.45, 2.75) is 50.1 Å². The summed E-state index contributed by atoms with van der Waals surface area (Å²) < 4.78 is 79.5. The molecule has 2 atom stereocenters. The summed E-state index contributed by atoms with van der Waals surface area (Å²) in [5.74, 6) is -0.197. The number of nitrogens with two attached hydrogens (primary N) is 1. The number of rotatable bonds is 4. The molecule has 1 unspecified atom stereocenters. The average Bonchev–Trinajstić information content (AvgIpc) is 2.74. The summed E-state index contributed by atoms with van der Waals surface area (Å²) in [6, 6.07) is 2.15. The normalized spacial score (nSPS) is 19.3. The number of pyridine rings is 1. The van der Waals surface area contributed by atoms with Crippen LogP contribution < -0.4 is 21.9 Å². The van der Waals surface area contributed by atoms with E-state index in [9.17, 15) is 31.1 Å². The number of benzene rings is 1.